The Bertz CT molecular complexity index is 562. The summed E-state index contributed by atoms with van der Waals surface area (Å²) in [6.45, 7) is 14.6. The molecule has 0 spiro atoms. The Balaban J connectivity index is 1.91. The second kappa shape index (κ2) is 8.82. The molecule has 26 heavy (non-hydrogen) atoms. The molecular weight excluding hydrogens is 360 g/mol. The normalized spacial score (nSPS) is 23.4. The first kappa shape index (κ1) is 22.0. The molecule has 1 aromatic rings. The van der Waals surface area contributed by atoms with Crippen LogP contribution in [0.15, 0.2) is 6.20 Å². The summed E-state index contributed by atoms with van der Waals surface area (Å²) in [6.07, 6.45) is 7.40. The first-order chi connectivity index (χ1) is 12.0. The predicted molar refractivity (Wildman–Crippen MR) is 113 cm³/mol. The maximum absolute atomic E-state index is 6.51. The Labute approximate surface area is 165 Å². The summed E-state index contributed by atoms with van der Waals surface area (Å²) in [4.78, 5) is 8.50. The number of methoxy groups -OCH3 is 1. The SMILES string of the molecule is COC1CCC(N(C)Cc2cnc([C@H](C)O[Si](C)(C)C(C)(C)C)s2)CC1. The third-order valence-corrected chi connectivity index (χ3v) is 11.9. The molecule has 2 rings (SSSR count). The molecule has 1 aliphatic carbocycles. The fourth-order valence-corrected chi connectivity index (χ4v) is 5.75. The molecule has 0 amide bonds. The van der Waals surface area contributed by atoms with Gasteiger partial charge in [0.05, 0.1) is 12.2 Å². The van der Waals surface area contributed by atoms with Crippen molar-refractivity contribution in [2.45, 2.75) is 96.3 Å². The summed E-state index contributed by atoms with van der Waals surface area (Å²) in [6, 6.07) is 0.660. The number of nitrogens with zero attached hydrogens (tertiary/aromatic N) is 2. The fourth-order valence-electron chi connectivity index (χ4n) is 3.35. The maximum Gasteiger partial charge on any atom is 0.193 e. The maximum atomic E-state index is 6.51. The monoisotopic (exact) mass is 398 g/mol. The highest BCUT2D eigenvalue weighted by Crippen LogP contribution is 2.40. The third kappa shape index (κ3) is 5.61. The summed E-state index contributed by atoms with van der Waals surface area (Å²) >= 11 is 1.81. The van der Waals surface area contributed by atoms with Gasteiger partial charge in [0.25, 0.3) is 0 Å². The minimum atomic E-state index is -1.77. The lowest BCUT2D eigenvalue weighted by atomic mass is 9.92. The Morgan fingerprint density at radius 1 is 1.27 bits per heavy atom. The molecule has 0 aliphatic heterocycles. The zero-order chi connectivity index (χ0) is 19.5. The molecular formula is C20H38N2O2SSi. The largest absolute Gasteiger partial charge is 0.408 e. The van der Waals surface area contributed by atoms with Crippen molar-refractivity contribution in [1.82, 2.24) is 9.88 Å². The third-order valence-electron chi connectivity index (χ3n) is 6.20. The summed E-state index contributed by atoms with van der Waals surface area (Å²) in [5.41, 5.74) is 0. The van der Waals surface area contributed by atoms with E-state index < -0.39 is 8.32 Å². The number of ether oxygens (including phenoxy) is 1. The van der Waals surface area contributed by atoms with Gasteiger partial charge in [-0.1, -0.05) is 20.8 Å². The van der Waals surface area contributed by atoms with Crippen molar-refractivity contribution in [3.8, 4) is 0 Å². The van der Waals surface area contributed by atoms with Crippen molar-refractivity contribution in [3.05, 3.63) is 16.1 Å². The van der Waals surface area contributed by atoms with E-state index in [0.717, 1.165) is 11.6 Å². The van der Waals surface area contributed by atoms with Crippen LogP contribution in [0.25, 0.3) is 0 Å². The van der Waals surface area contributed by atoms with Crippen LogP contribution in [0, 0.1) is 0 Å². The average Bonchev–Trinajstić information content (AvgIpc) is 3.02. The van der Waals surface area contributed by atoms with Gasteiger partial charge in [-0.05, 0) is 57.8 Å². The summed E-state index contributed by atoms with van der Waals surface area (Å²) in [5, 5.41) is 1.34. The second-order valence-corrected chi connectivity index (χ2v) is 15.2. The van der Waals surface area contributed by atoms with Crippen LogP contribution in [0.4, 0.5) is 0 Å². The molecule has 6 heteroatoms. The minimum Gasteiger partial charge on any atom is -0.408 e. The molecule has 1 heterocycles. The van der Waals surface area contributed by atoms with Crippen LogP contribution in [-0.2, 0) is 15.7 Å². The Kier molecular flexibility index (Phi) is 7.47. The molecule has 0 bridgehead atoms. The number of thiazole rings is 1. The second-order valence-electron chi connectivity index (χ2n) is 9.27. The molecule has 4 nitrogen and oxygen atoms in total. The van der Waals surface area contributed by atoms with Crippen LogP contribution >= 0.6 is 11.3 Å². The standard InChI is InChI=1S/C20H38N2O2SSi/c1-15(24-26(7,8)20(2,3)4)19-21-13-18(25-19)14-22(5)16-9-11-17(23-6)12-10-16/h13,15-17H,9-12,14H2,1-8H3/t15-,16?,17?/m0/s1. The van der Waals surface area contributed by atoms with Gasteiger partial charge in [0.1, 0.15) is 5.01 Å². The fraction of sp³-hybridized carbons (Fsp3) is 0.850. The van der Waals surface area contributed by atoms with E-state index in [4.69, 9.17) is 9.16 Å². The molecule has 0 radical (unpaired) electrons. The van der Waals surface area contributed by atoms with E-state index in [-0.39, 0.29) is 11.1 Å². The number of aromatic nitrogens is 1. The van der Waals surface area contributed by atoms with Crippen molar-refractivity contribution in [3.63, 3.8) is 0 Å². The molecule has 1 aliphatic rings. The molecule has 150 valence electrons. The van der Waals surface area contributed by atoms with Crippen LogP contribution < -0.4 is 0 Å². The number of rotatable bonds is 7. The van der Waals surface area contributed by atoms with Gasteiger partial charge in [-0.15, -0.1) is 11.3 Å². The molecule has 0 N–H and O–H groups in total. The lowest BCUT2D eigenvalue weighted by molar-refractivity contribution is 0.0429. The Morgan fingerprint density at radius 3 is 2.42 bits per heavy atom. The molecule has 1 fully saturated rings. The highest BCUT2D eigenvalue weighted by Gasteiger charge is 2.39. The predicted octanol–water partition coefficient (Wildman–Crippen LogP) is 5.62. The highest BCUT2D eigenvalue weighted by molar-refractivity contribution is 7.11. The van der Waals surface area contributed by atoms with Crippen molar-refractivity contribution < 1.29 is 9.16 Å². The topological polar surface area (TPSA) is 34.6 Å². The molecule has 1 atom stereocenters. The first-order valence-corrected chi connectivity index (χ1v) is 13.6. The number of hydrogen-bond acceptors (Lipinski definition) is 5. The zero-order valence-corrected chi connectivity index (χ0v) is 19.8. The molecule has 1 aromatic heterocycles. The molecule has 0 aromatic carbocycles. The average molecular weight is 399 g/mol. The minimum absolute atomic E-state index is 0.0806. The van der Waals surface area contributed by atoms with Crippen molar-refractivity contribution in [1.29, 1.82) is 0 Å². The van der Waals surface area contributed by atoms with Gasteiger partial charge in [-0.25, -0.2) is 4.98 Å². The van der Waals surface area contributed by atoms with Gasteiger partial charge in [-0.3, -0.25) is 4.90 Å². The van der Waals surface area contributed by atoms with Gasteiger partial charge in [0, 0.05) is 30.8 Å². The van der Waals surface area contributed by atoms with Crippen LogP contribution in [0.1, 0.15) is 69.4 Å². The van der Waals surface area contributed by atoms with Crippen molar-refractivity contribution in [2.75, 3.05) is 14.2 Å². The van der Waals surface area contributed by atoms with E-state index >= 15 is 0 Å². The Hall–Kier alpha value is -0.273. The zero-order valence-electron chi connectivity index (χ0n) is 18.0. The van der Waals surface area contributed by atoms with E-state index in [2.05, 4.69) is 57.7 Å². The van der Waals surface area contributed by atoms with Crippen LogP contribution in [0.2, 0.25) is 18.1 Å². The molecule has 0 unspecified atom stereocenters. The quantitative estimate of drug-likeness (QED) is 0.559. The first-order valence-electron chi connectivity index (χ1n) is 9.89. The van der Waals surface area contributed by atoms with Gasteiger partial charge in [-0.2, -0.15) is 0 Å². The highest BCUT2D eigenvalue weighted by atomic mass is 32.1. The van der Waals surface area contributed by atoms with E-state index in [0.29, 0.717) is 12.1 Å². The van der Waals surface area contributed by atoms with Crippen LogP contribution in [0.3, 0.4) is 0 Å². The van der Waals surface area contributed by atoms with Gasteiger partial charge in [0.2, 0.25) is 0 Å². The molecule has 1 saturated carbocycles. The van der Waals surface area contributed by atoms with Gasteiger partial charge in [0.15, 0.2) is 8.32 Å². The van der Waals surface area contributed by atoms with Crippen molar-refractivity contribution in [2.24, 2.45) is 0 Å². The summed E-state index contributed by atoms with van der Waals surface area (Å²) < 4.78 is 12.0. The smallest absolute Gasteiger partial charge is 0.193 e. The van der Waals surface area contributed by atoms with Crippen molar-refractivity contribution >= 4 is 19.7 Å². The van der Waals surface area contributed by atoms with E-state index in [1.165, 1.54) is 30.6 Å². The van der Waals surface area contributed by atoms with Crippen LogP contribution in [0.5, 0.6) is 0 Å². The van der Waals surface area contributed by atoms with Gasteiger partial charge < -0.3 is 9.16 Å². The van der Waals surface area contributed by atoms with Gasteiger partial charge >= 0.3 is 0 Å². The summed E-state index contributed by atoms with van der Waals surface area (Å²) in [5.74, 6) is 0. The van der Waals surface area contributed by atoms with E-state index in [9.17, 15) is 0 Å². The Morgan fingerprint density at radius 2 is 1.88 bits per heavy atom. The summed E-state index contributed by atoms with van der Waals surface area (Å²) in [7, 11) is 2.31. The number of hydrogen-bond donors (Lipinski definition) is 0. The van der Waals surface area contributed by atoms with E-state index in [1.54, 1.807) is 0 Å². The van der Waals surface area contributed by atoms with E-state index in [1.807, 2.05) is 24.6 Å². The van der Waals surface area contributed by atoms with Crippen LogP contribution in [-0.4, -0.2) is 44.5 Å². The lowest BCUT2D eigenvalue weighted by Crippen LogP contribution is -2.41. The molecule has 0 saturated heterocycles. The lowest BCUT2D eigenvalue weighted by Gasteiger charge is -2.38.